The van der Waals surface area contributed by atoms with Gasteiger partial charge in [0, 0.05) is 25.2 Å². The van der Waals surface area contributed by atoms with Crippen LogP contribution in [-0.2, 0) is 4.79 Å². The van der Waals surface area contributed by atoms with Crippen molar-refractivity contribution in [2.24, 2.45) is 17.1 Å². The highest BCUT2D eigenvalue weighted by atomic mass is 16.5. The van der Waals surface area contributed by atoms with E-state index in [0.717, 1.165) is 0 Å². The molecule has 0 heterocycles. The molecule has 0 fully saturated rings. The van der Waals surface area contributed by atoms with Crippen molar-refractivity contribution in [1.29, 1.82) is 0 Å². The Morgan fingerprint density at radius 1 is 1.15 bits per heavy atom. The highest BCUT2D eigenvalue weighted by molar-refractivity contribution is 5.98. The lowest BCUT2D eigenvalue weighted by molar-refractivity contribution is -0.134. The van der Waals surface area contributed by atoms with Crippen molar-refractivity contribution in [2.45, 2.75) is 33.7 Å². The zero-order chi connectivity index (χ0) is 20.8. The van der Waals surface area contributed by atoms with Crippen molar-refractivity contribution < 1.29 is 19.1 Å². The number of nitrogens with zero attached hydrogens (tertiary/aromatic N) is 1. The standard InChI is InChI=1S/C20H33N3O4/c1-13(2)17(19(25)23(5)12-20(3,4)11-21)22-18(24)14-8-15(26-6)10-16(9-14)27-7/h8-10,13,17H,11-12,21H2,1-7H3,(H,22,24). The van der Waals surface area contributed by atoms with Crippen molar-refractivity contribution in [1.82, 2.24) is 10.2 Å². The predicted molar refractivity (Wildman–Crippen MR) is 106 cm³/mol. The fourth-order valence-electron chi connectivity index (χ4n) is 2.70. The SMILES string of the molecule is COc1cc(OC)cc(C(=O)NC(C(=O)N(C)CC(C)(C)CN)C(C)C)c1. The number of hydrogen-bond acceptors (Lipinski definition) is 5. The van der Waals surface area contributed by atoms with Crippen molar-refractivity contribution in [3.63, 3.8) is 0 Å². The lowest BCUT2D eigenvalue weighted by Gasteiger charge is -2.32. The van der Waals surface area contributed by atoms with Crippen LogP contribution in [0.15, 0.2) is 18.2 Å². The monoisotopic (exact) mass is 379 g/mol. The largest absolute Gasteiger partial charge is 0.497 e. The van der Waals surface area contributed by atoms with Gasteiger partial charge in [0.2, 0.25) is 5.91 Å². The van der Waals surface area contributed by atoms with E-state index in [4.69, 9.17) is 15.2 Å². The van der Waals surface area contributed by atoms with Crippen LogP contribution >= 0.6 is 0 Å². The summed E-state index contributed by atoms with van der Waals surface area (Å²) in [4.78, 5) is 27.3. The molecule has 152 valence electrons. The van der Waals surface area contributed by atoms with Crippen molar-refractivity contribution >= 4 is 11.8 Å². The van der Waals surface area contributed by atoms with Gasteiger partial charge in [-0.25, -0.2) is 0 Å². The third-order valence-corrected chi connectivity index (χ3v) is 4.43. The van der Waals surface area contributed by atoms with Gasteiger partial charge in [0.05, 0.1) is 14.2 Å². The molecule has 1 rings (SSSR count). The summed E-state index contributed by atoms with van der Waals surface area (Å²) in [6.45, 7) is 8.78. The number of methoxy groups -OCH3 is 2. The molecule has 27 heavy (non-hydrogen) atoms. The number of amides is 2. The number of rotatable bonds is 9. The van der Waals surface area contributed by atoms with Gasteiger partial charge in [-0.3, -0.25) is 9.59 Å². The van der Waals surface area contributed by atoms with Gasteiger partial charge < -0.3 is 25.4 Å². The summed E-state index contributed by atoms with van der Waals surface area (Å²) >= 11 is 0. The van der Waals surface area contributed by atoms with Gasteiger partial charge >= 0.3 is 0 Å². The molecule has 0 radical (unpaired) electrons. The average Bonchev–Trinajstić information content (AvgIpc) is 2.64. The van der Waals surface area contributed by atoms with E-state index in [9.17, 15) is 9.59 Å². The molecule has 2 amide bonds. The van der Waals surface area contributed by atoms with Crippen LogP contribution in [0.5, 0.6) is 11.5 Å². The van der Waals surface area contributed by atoms with Crippen LogP contribution in [0.2, 0.25) is 0 Å². The molecule has 0 saturated carbocycles. The molecule has 0 aliphatic heterocycles. The zero-order valence-corrected chi connectivity index (χ0v) is 17.5. The fourth-order valence-corrected chi connectivity index (χ4v) is 2.70. The van der Waals surface area contributed by atoms with E-state index in [2.05, 4.69) is 5.32 Å². The molecular formula is C20H33N3O4. The number of hydrogen-bond donors (Lipinski definition) is 2. The quantitative estimate of drug-likeness (QED) is 0.683. The highest BCUT2D eigenvalue weighted by Gasteiger charge is 2.30. The van der Waals surface area contributed by atoms with E-state index >= 15 is 0 Å². The molecule has 0 bridgehead atoms. The van der Waals surface area contributed by atoms with E-state index in [-0.39, 0.29) is 23.1 Å². The van der Waals surface area contributed by atoms with Gasteiger partial charge in [-0.1, -0.05) is 27.7 Å². The van der Waals surface area contributed by atoms with Gasteiger partial charge in [-0.05, 0) is 30.0 Å². The summed E-state index contributed by atoms with van der Waals surface area (Å²) in [5.74, 6) is 0.445. The number of carbonyl (C=O) groups excluding carboxylic acids is 2. The third kappa shape index (κ3) is 6.43. The van der Waals surface area contributed by atoms with Crippen LogP contribution in [0.3, 0.4) is 0 Å². The maximum absolute atomic E-state index is 12.9. The summed E-state index contributed by atoms with van der Waals surface area (Å²) < 4.78 is 10.4. The Hall–Kier alpha value is -2.28. The molecule has 7 heteroatoms. The summed E-state index contributed by atoms with van der Waals surface area (Å²) in [5.41, 5.74) is 5.94. The Labute approximate surface area is 162 Å². The van der Waals surface area contributed by atoms with Gasteiger partial charge in [-0.15, -0.1) is 0 Å². The van der Waals surface area contributed by atoms with E-state index in [1.54, 1.807) is 30.1 Å². The predicted octanol–water partition coefficient (Wildman–Crippen LogP) is 1.90. The van der Waals surface area contributed by atoms with Gasteiger partial charge in [0.25, 0.3) is 5.91 Å². The minimum atomic E-state index is -0.645. The number of ether oxygens (including phenoxy) is 2. The first-order valence-electron chi connectivity index (χ1n) is 9.03. The van der Waals surface area contributed by atoms with Gasteiger partial charge in [0.15, 0.2) is 0 Å². The summed E-state index contributed by atoms with van der Waals surface area (Å²) in [6, 6.07) is 4.26. The minimum absolute atomic E-state index is 0.0719. The maximum Gasteiger partial charge on any atom is 0.252 e. The van der Waals surface area contributed by atoms with Crippen molar-refractivity contribution in [2.75, 3.05) is 34.4 Å². The van der Waals surface area contributed by atoms with Crippen LogP contribution in [0, 0.1) is 11.3 Å². The second-order valence-corrected chi connectivity index (χ2v) is 7.86. The molecule has 0 aliphatic rings. The minimum Gasteiger partial charge on any atom is -0.497 e. The second-order valence-electron chi connectivity index (χ2n) is 7.86. The lowest BCUT2D eigenvalue weighted by atomic mass is 9.92. The van der Waals surface area contributed by atoms with Gasteiger partial charge in [-0.2, -0.15) is 0 Å². The number of carbonyl (C=O) groups is 2. The smallest absolute Gasteiger partial charge is 0.252 e. The molecule has 1 atom stereocenters. The molecule has 0 spiro atoms. The second kappa shape index (κ2) is 9.60. The Morgan fingerprint density at radius 3 is 2.07 bits per heavy atom. The summed E-state index contributed by atoms with van der Waals surface area (Å²) in [7, 11) is 4.77. The Balaban J connectivity index is 3.00. The first-order chi connectivity index (χ1) is 12.5. The molecule has 7 nitrogen and oxygen atoms in total. The lowest BCUT2D eigenvalue weighted by Crippen LogP contribution is -2.52. The van der Waals surface area contributed by atoms with Crippen LogP contribution in [0.25, 0.3) is 0 Å². The van der Waals surface area contributed by atoms with Crippen LogP contribution in [0.4, 0.5) is 0 Å². The van der Waals surface area contributed by atoms with E-state index < -0.39 is 6.04 Å². The Bertz CT molecular complexity index is 636. The summed E-state index contributed by atoms with van der Waals surface area (Å²) in [6.07, 6.45) is 0. The normalized spacial score (nSPS) is 12.5. The third-order valence-electron chi connectivity index (χ3n) is 4.43. The molecule has 3 N–H and O–H groups in total. The number of nitrogens with two attached hydrogens (primary N) is 1. The topological polar surface area (TPSA) is 93.9 Å². The highest BCUT2D eigenvalue weighted by Crippen LogP contribution is 2.23. The van der Waals surface area contributed by atoms with E-state index in [0.29, 0.717) is 30.2 Å². The van der Waals surface area contributed by atoms with Crippen molar-refractivity contribution in [3.05, 3.63) is 23.8 Å². The molecule has 0 aliphatic carbocycles. The van der Waals surface area contributed by atoms with Crippen LogP contribution in [0.1, 0.15) is 38.1 Å². The maximum atomic E-state index is 12.9. The van der Waals surface area contributed by atoms with E-state index in [1.165, 1.54) is 14.2 Å². The zero-order valence-electron chi connectivity index (χ0n) is 17.5. The van der Waals surface area contributed by atoms with E-state index in [1.807, 2.05) is 27.7 Å². The Morgan fingerprint density at radius 2 is 1.67 bits per heavy atom. The number of nitrogens with one attached hydrogen (secondary N) is 1. The Kier molecular flexibility index (Phi) is 8.09. The first-order valence-corrected chi connectivity index (χ1v) is 9.03. The average molecular weight is 380 g/mol. The number of benzene rings is 1. The molecular weight excluding hydrogens is 346 g/mol. The molecule has 1 aromatic carbocycles. The number of likely N-dealkylation sites (N-methyl/N-ethyl adjacent to an activating group) is 1. The molecule has 0 saturated heterocycles. The van der Waals surface area contributed by atoms with Crippen molar-refractivity contribution in [3.8, 4) is 11.5 Å². The molecule has 1 unspecified atom stereocenters. The van der Waals surface area contributed by atoms with Crippen LogP contribution in [-0.4, -0.2) is 57.1 Å². The summed E-state index contributed by atoms with van der Waals surface area (Å²) in [5, 5.41) is 2.85. The van der Waals surface area contributed by atoms with Gasteiger partial charge in [0.1, 0.15) is 17.5 Å². The van der Waals surface area contributed by atoms with Crippen LogP contribution < -0.4 is 20.5 Å². The molecule has 0 aromatic heterocycles. The molecule has 1 aromatic rings. The fraction of sp³-hybridized carbons (Fsp3) is 0.600. The first kappa shape index (κ1) is 22.8.